The number of carbonyl (C=O) groups is 2. The molecule has 1 N–H and O–H groups in total. The zero-order chi connectivity index (χ0) is 30.5. The molecule has 222 valence electrons. The molecule has 7 nitrogen and oxygen atoms in total. The lowest BCUT2D eigenvalue weighted by Crippen LogP contribution is -2.46. The number of ether oxygens (including phenoxy) is 2. The first-order valence-electron chi connectivity index (χ1n) is 12.3. The van der Waals surface area contributed by atoms with E-state index in [4.69, 9.17) is 16.3 Å². The van der Waals surface area contributed by atoms with Crippen molar-refractivity contribution >= 4 is 51.7 Å². The maximum atomic E-state index is 13.3. The highest BCUT2D eigenvalue weighted by Crippen LogP contribution is 2.34. The van der Waals surface area contributed by atoms with Crippen LogP contribution in [0.4, 0.5) is 33.3 Å². The van der Waals surface area contributed by atoms with Crippen LogP contribution >= 0.6 is 23.4 Å². The molecule has 1 heterocycles. The van der Waals surface area contributed by atoms with Crippen molar-refractivity contribution in [1.82, 2.24) is 4.90 Å². The Hall–Kier alpha value is -3.84. The highest BCUT2D eigenvalue weighted by molar-refractivity contribution is 8.15. The number of alkyl halides is 6. The number of carbonyl (C=O) groups excluding carboxylic acids is 2. The maximum absolute atomic E-state index is 13.3. The average molecular weight is 628 g/mol. The van der Waals surface area contributed by atoms with Crippen molar-refractivity contribution in [2.24, 2.45) is 4.99 Å². The highest BCUT2D eigenvalue weighted by atomic mass is 35.5. The van der Waals surface area contributed by atoms with Gasteiger partial charge in [-0.05, 0) is 66.6 Å². The minimum Gasteiger partial charge on any atom is -0.497 e. The minimum absolute atomic E-state index is 0.0395. The third-order valence-corrected chi connectivity index (χ3v) is 7.23. The predicted molar refractivity (Wildman–Crippen MR) is 149 cm³/mol. The van der Waals surface area contributed by atoms with Crippen molar-refractivity contribution < 1.29 is 41.0 Å². The smallest absolute Gasteiger partial charge is 0.487 e. The first-order chi connectivity index (χ1) is 19.8. The van der Waals surface area contributed by atoms with Gasteiger partial charge in [0.15, 0.2) is 5.17 Å². The van der Waals surface area contributed by atoms with Crippen molar-refractivity contribution in [1.29, 1.82) is 0 Å². The number of aliphatic imine (C=N–C) groups is 1. The summed E-state index contributed by atoms with van der Waals surface area (Å²) in [6.45, 7) is 0.164. The Bertz CT molecular complexity index is 1450. The monoisotopic (exact) mass is 627 g/mol. The third kappa shape index (κ3) is 8.58. The SMILES string of the molecule is COc1ccc(CCN2C(=O)C[C@@H](C(=O)Nc3ccc(OC(F)(F)Cl)cc3)SC2=Nc2cccc(C(F)(F)F)c2)cc1. The molecule has 14 heteroatoms. The molecule has 0 aromatic heterocycles. The lowest BCUT2D eigenvalue weighted by atomic mass is 10.1. The minimum atomic E-state index is -4.59. The largest absolute Gasteiger partial charge is 0.497 e. The van der Waals surface area contributed by atoms with Crippen LogP contribution in [-0.4, -0.2) is 46.4 Å². The van der Waals surface area contributed by atoms with Crippen molar-refractivity contribution in [3.63, 3.8) is 0 Å². The number of thioether (sulfide) groups is 1. The van der Waals surface area contributed by atoms with Gasteiger partial charge in [0.25, 0.3) is 0 Å². The second-order valence-corrected chi connectivity index (χ2v) is 10.6. The van der Waals surface area contributed by atoms with Gasteiger partial charge in [-0.25, -0.2) is 4.99 Å². The summed E-state index contributed by atoms with van der Waals surface area (Å²) in [5, 5.41) is 1.69. The number of nitrogens with one attached hydrogen (secondary N) is 1. The molecule has 1 saturated heterocycles. The molecule has 1 fully saturated rings. The third-order valence-electron chi connectivity index (χ3n) is 5.97. The molecule has 1 aliphatic heterocycles. The van der Waals surface area contributed by atoms with Gasteiger partial charge in [-0.15, -0.1) is 8.78 Å². The van der Waals surface area contributed by atoms with Crippen LogP contribution < -0.4 is 14.8 Å². The number of anilines is 1. The molecule has 3 aromatic carbocycles. The van der Waals surface area contributed by atoms with Crippen LogP contribution in [0.1, 0.15) is 17.5 Å². The second-order valence-electron chi connectivity index (χ2n) is 8.96. The number of halogens is 6. The Morgan fingerprint density at radius 2 is 1.71 bits per heavy atom. The molecule has 42 heavy (non-hydrogen) atoms. The van der Waals surface area contributed by atoms with Crippen molar-refractivity contribution in [2.75, 3.05) is 19.0 Å². The number of hydrogen-bond donors (Lipinski definition) is 1. The van der Waals surface area contributed by atoms with Crippen LogP contribution in [0.2, 0.25) is 0 Å². The van der Waals surface area contributed by atoms with E-state index >= 15 is 0 Å². The number of rotatable bonds is 9. The molecule has 4 rings (SSSR count). The van der Waals surface area contributed by atoms with Crippen LogP contribution in [0.5, 0.6) is 11.5 Å². The molecule has 1 atom stereocenters. The summed E-state index contributed by atoms with van der Waals surface area (Å²) in [7, 11) is 1.54. The van der Waals surface area contributed by atoms with Crippen molar-refractivity contribution in [2.45, 2.75) is 29.8 Å². The molecule has 0 aliphatic carbocycles. The number of nitrogens with zero attached hydrogens (tertiary/aromatic N) is 2. The molecule has 0 bridgehead atoms. The maximum Gasteiger partial charge on any atom is 0.487 e. The van der Waals surface area contributed by atoms with Gasteiger partial charge in [0.1, 0.15) is 16.7 Å². The fourth-order valence-corrected chi connectivity index (χ4v) is 5.13. The molecule has 0 unspecified atom stereocenters. The average Bonchev–Trinajstić information content (AvgIpc) is 2.93. The molecule has 2 amide bonds. The van der Waals surface area contributed by atoms with Crippen LogP contribution in [0.25, 0.3) is 0 Å². The number of amides is 2. The number of benzene rings is 3. The zero-order valence-corrected chi connectivity index (χ0v) is 23.4. The van der Waals surface area contributed by atoms with Gasteiger partial charge in [0.05, 0.1) is 18.4 Å². The summed E-state index contributed by atoms with van der Waals surface area (Å²) in [6.07, 6.45) is -4.40. The van der Waals surface area contributed by atoms with E-state index < -0.39 is 34.4 Å². The lowest BCUT2D eigenvalue weighted by Gasteiger charge is -2.32. The highest BCUT2D eigenvalue weighted by Gasteiger charge is 2.36. The van der Waals surface area contributed by atoms with E-state index in [2.05, 4.69) is 15.0 Å². The normalized spacial score (nSPS) is 16.8. The second kappa shape index (κ2) is 13.0. The van der Waals surface area contributed by atoms with E-state index in [1.165, 1.54) is 48.4 Å². The van der Waals surface area contributed by atoms with E-state index in [9.17, 15) is 31.5 Å². The molecular formula is C28H23ClF5N3O4S. The summed E-state index contributed by atoms with van der Waals surface area (Å²) < 4.78 is 75.0. The Kier molecular flexibility index (Phi) is 9.62. The molecular weight excluding hydrogens is 605 g/mol. The molecule has 3 aromatic rings. The quantitative estimate of drug-likeness (QED) is 0.203. The molecule has 0 radical (unpaired) electrons. The molecule has 0 spiro atoms. The van der Waals surface area contributed by atoms with E-state index in [1.807, 2.05) is 12.1 Å². The lowest BCUT2D eigenvalue weighted by molar-refractivity contribution is -0.137. The molecule has 0 saturated carbocycles. The van der Waals surface area contributed by atoms with Gasteiger partial charge in [0, 0.05) is 30.3 Å². The van der Waals surface area contributed by atoms with Crippen LogP contribution in [-0.2, 0) is 22.2 Å². The van der Waals surface area contributed by atoms with E-state index in [1.54, 1.807) is 12.1 Å². The van der Waals surface area contributed by atoms with E-state index in [-0.39, 0.29) is 35.3 Å². The first-order valence-corrected chi connectivity index (χ1v) is 13.6. The molecule has 1 aliphatic rings. The standard InChI is InChI=1S/C28H23ClF5N3O4S/c1-40-21-9-5-17(6-10-21)13-14-37-24(38)16-23(25(39)35-19-7-11-22(12-8-19)41-28(29,33)34)42-26(37)36-20-4-2-3-18(15-20)27(30,31)32/h2-12,15,23H,13-14,16H2,1H3,(H,35,39)/t23-/m0/s1. The van der Waals surface area contributed by atoms with Gasteiger partial charge in [-0.1, -0.05) is 30.0 Å². The zero-order valence-electron chi connectivity index (χ0n) is 21.8. The first kappa shape index (κ1) is 31.1. The summed E-state index contributed by atoms with van der Waals surface area (Å²) in [5.74, 6) is -0.612. The van der Waals surface area contributed by atoms with Gasteiger partial charge < -0.3 is 14.8 Å². The van der Waals surface area contributed by atoms with Gasteiger partial charge >= 0.3 is 11.7 Å². The van der Waals surface area contributed by atoms with Gasteiger partial charge in [0.2, 0.25) is 11.8 Å². The van der Waals surface area contributed by atoms with Gasteiger partial charge in [-0.3, -0.25) is 14.5 Å². The predicted octanol–water partition coefficient (Wildman–Crippen LogP) is 7.08. The fraction of sp³-hybridized carbons (Fsp3) is 0.250. The summed E-state index contributed by atoms with van der Waals surface area (Å²) in [6, 6.07) is 16.5. The Morgan fingerprint density at radius 1 is 1.05 bits per heavy atom. The summed E-state index contributed by atoms with van der Waals surface area (Å²) in [4.78, 5) is 32.0. The van der Waals surface area contributed by atoms with E-state index in [0.717, 1.165) is 29.5 Å². The Morgan fingerprint density at radius 3 is 2.33 bits per heavy atom. The van der Waals surface area contributed by atoms with Crippen LogP contribution in [0.3, 0.4) is 0 Å². The summed E-state index contributed by atoms with van der Waals surface area (Å²) in [5.41, 5.74) is -3.74. The number of amidine groups is 1. The Balaban J connectivity index is 1.55. The van der Waals surface area contributed by atoms with Crippen molar-refractivity contribution in [3.8, 4) is 11.5 Å². The topological polar surface area (TPSA) is 80.2 Å². The van der Waals surface area contributed by atoms with Crippen LogP contribution in [0, 0.1) is 0 Å². The number of methoxy groups -OCH3 is 1. The van der Waals surface area contributed by atoms with Gasteiger partial charge in [-0.2, -0.15) is 13.2 Å². The van der Waals surface area contributed by atoms with Crippen LogP contribution in [0.15, 0.2) is 77.8 Å². The fourth-order valence-electron chi connectivity index (χ4n) is 3.92. The number of hydrogen-bond acceptors (Lipinski definition) is 6. The van der Waals surface area contributed by atoms with E-state index in [0.29, 0.717) is 12.2 Å². The van der Waals surface area contributed by atoms with Crippen molar-refractivity contribution in [3.05, 3.63) is 83.9 Å². The Labute approximate surface area is 246 Å². The summed E-state index contributed by atoms with van der Waals surface area (Å²) >= 11 is 5.69.